The molecule has 164 valence electrons. The van der Waals surface area contributed by atoms with Gasteiger partial charge >= 0.3 is 6.09 Å². The molecule has 3 rings (SSSR count). The van der Waals surface area contributed by atoms with E-state index in [9.17, 15) is 14.4 Å². The number of carbonyl (C=O) groups excluding carboxylic acids is 3. The lowest BCUT2D eigenvalue weighted by molar-refractivity contribution is -0.150. The van der Waals surface area contributed by atoms with Crippen molar-refractivity contribution in [3.63, 3.8) is 0 Å². The highest BCUT2D eigenvalue weighted by atomic mass is 79.9. The minimum absolute atomic E-state index is 0.0832. The minimum atomic E-state index is -0.920. The average Bonchev–Trinajstić information content (AvgIpc) is 2.79. The van der Waals surface area contributed by atoms with Crippen LogP contribution in [0.3, 0.4) is 0 Å². The molecule has 3 amide bonds. The zero-order valence-electron chi connectivity index (χ0n) is 16.8. The van der Waals surface area contributed by atoms with Gasteiger partial charge in [-0.15, -0.1) is 0 Å². The molecule has 2 aromatic rings. The van der Waals surface area contributed by atoms with Gasteiger partial charge in [-0.2, -0.15) is 0 Å². The van der Waals surface area contributed by atoms with Crippen LogP contribution in [0.15, 0.2) is 60.7 Å². The lowest BCUT2D eigenvalue weighted by Crippen LogP contribution is -2.71. The number of ether oxygens (including phenoxy) is 2. The third-order valence-electron chi connectivity index (χ3n) is 4.65. The summed E-state index contributed by atoms with van der Waals surface area (Å²) in [5.41, 5.74) is 1.69. The van der Waals surface area contributed by atoms with Crippen LogP contribution in [0.2, 0.25) is 0 Å². The van der Waals surface area contributed by atoms with Crippen LogP contribution in [0.25, 0.3) is 0 Å². The molecule has 0 aliphatic carbocycles. The lowest BCUT2D eigenvalue weighted by Gasteiger charge is -2.37. The zero-order chi connectivity index (χ0) is 22.1. The van der Waals surface area contributed by atoms with Crippen LogP contribution in [-0.4, -0.2) is 48.2 Å². The van der Waals surface area contributed by atoms with Crippen molar-refractivity contribution < 1.29 is 23.9 Å². The van der Waals surface area contributed by atoms with Crippen molar-refractivity contribution in [2.45, 2.75) is 31.3 Å². The molecule has 2 aromatic carbocycles. The number of carbonyl (C=O) groups is 3. The van der Waals surface area contributed by atoms with Crippen LogP contribution in [-0.2, 0) is 32.1 Å². The van der Waals surface area contributed by atoms with Gasteiger partial charge in [-0.25, -0.2) is 4.79 Å². The van der Waals surface area contributed by atoms with Crippen LogP contribution in [0.4, 0.5) is 4.79 Å². The predicted molar refractivity (Wildman–Crippen MR) is 117 cm³/mol. The molecule has 1 fully saturated rings. The van der Waals surface area contributed by atoms with E-state index in [0.717, 1.165) is 11.1 Å². The van der Waals surface area contributed by atoms with E-state index >= 15 is 0 Å². The molecule has 1 saturated heterocycles. The first-order valence-corrected chi connectivity index (χ1v) is 11.0. The van der Waals surface area contributed by atoms with Crippen molar-refractivity contribution in [2.24, 2.45) is 0 Å². The molecule has 3 atom stereocenters. The number of rotatable bonds is 10. The molecule has 0 bridgehead atoms. The number of benzene rings is 2. The van der Waals surface area contributed by atoms with Gasteiger partial charge in [0.1, 0.15) is 12.6 Å². The Hall–Kier alpha value is -2.91. The number of hydrogen-bond acceptors (Lipinski definition) is 5. The topological polar surface area (TPSA) is 106 Å². The molecule has 9 heteroatoms. The summed E-state index contributed by atoms with van der Waals surface area (Å²) in [6.07, 6.45) is -1.07. The second kappa shape index (κ2) is 11.5. The van der Waals surface area contributed by atoms with Crippen molar-refractivity contribution in [2.75, 3.05) is 11.9 Å². The molecule has 0 saturated carbocycles. The lowest BCUT2D eigenvalue weighted by atomic mass is 10.0. The zero-order valence-corrected chi connectivity index (χ0v) is 18.3. The molecule has 0 radical (unpaired) electrons. The average molecular weight is 490 g/mol. The van der Waals surface area contributed by atoms with Crippen LogP contribution in [0.5, 0.6) is 0 Å². The van der Waals surface area contributed by atoms with E-state index in [1.807, 2.05) is 60.7 Å². The van der Waals surface area contributed by atoms with Crippen molar-refractivity contribution in [3.8, 4) is 0 Å². The molecule has 31 heavy (non-hydrogen) atoms. The van der Waals surface area contributed by atoms with Gasteiger partial charge in [0.15, 0.2) is 12.3 Å². The number of amides is 3. The SMILES string of the molecule is O=C(N[C@@H](Cc1ccccc1)C(=O)N[C@@H]1C(=O)NC1OCCBr)OCc1ccccc1. The molecule has 1 heterocycles. The highest BCUT2D eigenvalue weighted by Crippen LogP contribution is 2.11. The maximum absolute atomic E-state index is 12.9. The minimum Gasteiger partial charge on any atom is -0.445 e. The first kappa shape index (κ1) is 22.8. The monoisotopic (exact) mass is 489 g/mol. The largest absolute Gasteiger partial charge is 0.445 e. The van der Waals surface area contributed by atoms with Gasteiger partial charge < -0.3 is 25.4 Å². The van der Waals surface area contributed by atoms with Gasteiger partial charge in [-0.3, -0.25) is 9.59 Å². The molecule has 1 aliphatic rings. The molecule has 0 spiro atoms. The number of nitrogens with one attached hydrogen (secondary N) is 3. The van der Waals surface area contributed by atoms with E-state index in [0.29, 0.717) is 11.9 Å². The first-order valence-electron chi connectivity index (χ1n) is 9.86. The fraction of sp³-hybridized carbons (Fsp3) is 0.318. The van der Waals surface area contributed by atoms with E-state index in [4.69, 9.17) is 9.47 Å². The van der Waals surface area contributed by atoms with E-state index in [1.54, 1.807) is 0 Å². The highest BCUT2D eigenvalue weighted by molar-refractivity contribution is 9.09. The smallest absolute Gasteiger partial charge is 0.408 e. The standard InChI is InChI=1S/C22H24BrN3O5/c23-11-12-30-21-18(20(28)26-21)25-19(27)17(13-15-7-3-1-4-8-15)24-22(29)31-14-16-9-5-2-6-10-16/h1-10,17-18,21H,11-14H2,(H,24,29)(H,25,27)(H,26,28)/t17-,18+,21?/m0/s1. The summed E-state index contributed by atoms with van der Waals surface area (Å²) < 4.78 is 10.7. The molecule has 0 aromatic heterocycles. The van der Waals surface area contributed by atoms with E-state index in [-0.39, 0.29) is 18.9 Å². The van der Waals surface area contributed by atoms with Crippen LogP contribution < -0.4 is 16.0 Å². The van der Waals surface area contributed by atoms with Gasteiger partial charge in [-0.1, -0.05) is 76.6 Å². The van der Waals surface area contributed by atoms with Crippen LogP contribution >= 0.6 is 15.9 Å². The Morgan fingerprint density at radius 3 is 2.29 bits per heavy atom. The molecule has 1 aliphatic heterocycles. The van der Waals surface area contributed by atoms with Gasteiger partial charge in [0, 0.05) is 11.8 Å². The van der Waals surface area contributed by atoms with E-state index < -0.39 is 30.3 Å². The van der Waals surface area contributed by atoms with Gasteiger partial charge in [0.05, 0.1) is 6.61 Å². The van der Waals surface area contributed by atoms with Gasteiger partial charge in [0.2, 0.25) is 11.8 Å². The predicted octanol–water partition coefficient (Wildman–Crippen LogP) is 1.88. The number of alkyl halides is 1. The van der Waals surface area contributed by atoms with Gasteiger partial charge in [0.25, 0.3) is 0 Å². The van der Waals surface area contributed by atoms with Crippen LogP contribution in [0.1, 0.15) is 11.1 Å². The summed E-state index contributed by atoms with van der Waals surface area (Å²) in [6.45, 7) is 0.467. The first-order chi connectivity index (χ1) is 15.1. The quantitative estimate of drug-likeness (QED) is 0.349. The Morgan fingerprint density at radius 2 is 1.68 bits per heavy atom. The number of halogens is 1. The number of β-lactam (4-membered cyclic amide) rings is 1. The second-order valence-corrected chi connectivity index (χ2v) is 7.72. The normalized spacial score (nSPS) is 18.3. The third-order valence-corrected chi connectivity index (χ3v) is 4.97. The molecular weight excluding hydrogens is 466 g/mol. The number of alkyl carbamates (subject to hydrolysis) is 1. The Balaban J connectivity index is 1.62. The summed E-state index contributed by atoms with van der Waals surface area (Å²) in [7, 11) is 0. The van der Waals surface area contributed by atoms with E-state index in [2.05, 4.69) is 31.9 Å². The summed E-state index contributed by atoms with van der Waals surface area (Å²) in [5, 5.41) is 8.47. The number of hydrogen-bond donors (Lipinski definition) is 3. The summed E-state index contributed by atoms with van der Waals surface area (Å²) >= 11 is 3.25. The molecule has 1 unspecified atom stereocenters. The third kappa shape index (κ3) is 6.80. The molecule has 3 N–H and O–H groups in total. The fourth-order valence-corrected chi connectivity index (χ4v) is 3.21. The van der Waals surface area contributed by atoms with Gasteiger partial charge in [-0.05, 0) is 11.1 Å². The van der Waals surface area contributed by atoms with Crippen molar-refractivity contribution in [1.82, 2.24) is 16.0 Å². The fourth-order valence-electron chi connectivity index (χ4n) is 3.03. The maximum atomic E-state index is 12.9. The Morgan fingerprint density at radius 1 is 1.03 bits per heavy atom. The Bertz CT molecular complexity index is 881. The highest BCUT2D eigenvalue weighted by Gasteiger charge is 2.42. The maximum Gasteiger partial charge on any atom is 0.408 e. The van der Waals surface area contributed by atoms with Crippen molar-refractivity contribution >= 4 is 33.8 Å². The summed E-state index contributed by atoms with van der Waals surface area (Å²) in [5.74, 6) is -0.828. The van der Waals surface area contributed by atoms with Crippen molar-refractivity contribution in [1.29, 1.82) is 0 Å². The Kier molecular flexibility index (Phi) is 8.43. The summed E-state index contributed by atoms with van der Waals surface area (Å²) in [6, 6.07) is 16.8. The van der Waals surface area contributed by atoms with Crippen molar-refractivity contribution in [3.05, 3.63) is 71.8 Å². The second-order valence-electron chi connectivity index (χ2n) is 6.92. The molecule has 8 nitrogen and oxygen atoms in total. The molecular formula is C22H24BrN3O5. The Labute approximate surface area is 188 Å². The van der Waals surface area contributed by atoms with E-state index in [1.165, 1.54) is 0 Å². The van der Waals surface area contributed by atoms with Crippen LogP contribution in [0, 0.1) is 0 Å². The summed E-state index contributed by atoms with van der Waals surface area (Å²) in [4.78, 5) is 37.1.